The van der Waals surface area contributed by atoms with E-state index in [0.29, 0.717) is 28.7 Å². The molecule has 1 heterocycles. The van der Waals surface area contributed by atoms with E-state index in [4.69, 9.17) is 23.2 Å². The quantitative estimate of drug-likeness (QED) is 0.604. The Bertz CT molecular complexity index is 865. The number of hydrogen-bond acceptors (Lipinski definition) is 3. The van der Waals surface area contributed by atoms with E-state index in [1.807, 2.05) is 29.6 Å². The maximum Gasteiger partial charge on any atom is 0.319 e. The number of hydrogen-bond donors (Lipinski definition) is 2. The Balaban J connectivity index is 1.49. The number of anilines is 1. The lowest BCUT2D eigenvalue weighted by atomic mass is 10.2. The van der Waals surface area contributed by atoms with Gasteiger partial charge in [-0.1, -0.05) is 41.4 Å². The Hall–Kier alpha value is -2.08. The lowest BCUT2D eigenvalue weighted by molar-refractivity contribution is 0.252. The molecule has 1 aromatic heterocycles. The number of nitrogens with zero attached hydrogens (tertiary/aromatic N) is 1. The number of aromatic nitrogens is 1. The predicted molar refractivity (Wildman–Crippen MR) is 105 cm³/mol. The molecule has 0 spiro atoms. The molecule has 3 rings (SSSR count). The van der Waals surface area contributed by atoms with Crippen molar-refractivity contribution >= 4 is 46.3 Å². The molecule has 2 amide bonds. The highest BCUT2D eigenvalue weighted by Crippen LogP contribution is 2.25. The Morgan fingerprint density at radius 1 is 1.08 bits per heavy atom. The average Bonchev–Trinajstić information content (AvgIpc) is 3.04. The Morgan fingerprint density at radius 3 is 2.64 bits per heavy atom. The molecule has 7 heteroatoms. The number of carbonyl (C=O) groups is 1. The summed E-state index contributed by atoms with van der Waals surface area (Å²) in [5.41, 5.74) is 2.63. The van der Waals surface area contributed by atoms with Crippen LogP contribution in [0.1, 0.15) is 5.69 Å². The molecule has 0 saturated carbocycles. The van der Waals surface area contributed by atoms with E-state index >= 15 is 0 Å². The first kappa shape index (κ1) is 17.7. The molecule has 3 aromatic rings. The number of rotatable bonds is 5. The Kier molecular flexibility index (Phi) is 5.91. The second kappa shape index (κ2) is 8.34. The molecule has 0 saturated heterocycles. The van der Waals surface area contributed by atoms with Crippen molar-refractivity contribution in [3.63, 3.8) is 0 Å². The first-order chi connectivity index (χ1) is 12.1. The zero-order valence-electron chi connectivity index (χ0n) is 13.1. The number of amides is 2. The lowest BCUT2D eigenvalue weighted by Gasteiger charge is -2.07. The monoisotopic (exact) mass is 391 g/mol. The Labute approximate surface area is 159 Å². The fourth-order valence-electron chi connectivity index (χ4n) is 2.19. The van der Waals surface area contributed by atoms with Gasteiger partial charge in [0, 0.05) is 39.6 Å². The SMILES string of the molecule is O=C(NCCc1csc(-c2ccc(Cl)cc2)n1)Nc1cccc(Cl)c1. The van der Waals surface area contributed by atoms with Gasteiger partial charge in [-0.3, -0.25) is 0 Å². The molecule has 4 nitrogen and oxygen atoms in total. The lowest BCUT2D eigenvalue weighted by Crippen LogP contribution is -2.30. The van der Waals surface area contributed by atoms with Gasteiger partial charge in [0.25, 0.3) is 0 Å². The van der Waals surface area contributed by atoms with Crippen molar-refractivity contribution < 1.29 is 4.79 Å². The zero-order valence-corrected chi connectivity index (χ0v) is 15.5. The van der Waals surface area contributed by atoms with Crippen LogP contribution in [0.3, 0.4) is 0 Å². The number of nitrogens with one attached hydrogen (secondary N) is 2. The molecule has 25 heavy (non-hydrogen) atoms. The van der Waals surface area contributed by atoms with Crippen molar-refractivity contribution in [3.8, 4) is 10.6 Å². The number of halogens is 2. The second-order valence-electron chi connectivity index (χ2n) is 5.29. The third-order valence-corrected chi connectivity index (χ3v) is 4.82. The standard InChI is InChI=1S/C18H15Cl2N3OS/c19-13-6-4-12(5-7-13)17-22-16(11-25-17)8-9-21-18(24)23-15-3-1-2-14(20)10-15/h1-7,10-11H,8-9H2,(H2,21,23,24). The van der Waals surface area contributed by atoms with Gasteiger partial charge in [-0.2, -0.15) is 0 Å². The minimum absolute atomic E-state index is 0.268. The van der Waals surface area contributed by atoms with Crippen LogP contribution in [0.2, 0.25) is 10.0 Å². The highest BCUT2D eigenvalue weighted by atomic mass is 35.5. The molecule has 0 radical (unpaired) electrons. The normalized spacial score (nSPS) is 10.5. The predicted octanol–water partition coefficient (Wildman–Crippen LogP) is 5.48. The highest BCUT2D eigenvalue weighted by Gasteiger charge is 2.06. The molecule has 0 aliphatic carbocycles. The summed E-state index contributed by atoms with van der Waals surface area (Å²) in [6, 6.07) is 14.3. The first-order valence-corrected chi connectivity index (χ1v) is 9.24. The molecule has 2 aromatic carbocycles. The first-order valence-electron chi connectivity index (χ1n) is 7.61. The summed E-state index contributed by atoms with van der Waals surface area (Å²) in [6.45, 7) is 0.496. The van der Waals surface area contributed by atoms with E-state index in [1.54, 1.807) is 35.6 Å². The number of urea groups is 1. The molecular formula is C18H15Cl2N3OS. The Morgan fingerprint density at radius 2 is 1.88 bits per heavy atom. The second-order valence-corrected chi connectivity index (χ2v) is 7.02. The minimum atomic E-state index is -0.268. The molecule has 0 aliphatic heterocycles. The van der Waals surface area contributed by atoms with Crippen LogP contribution in [0, 0.1) is 0 Å². The van der Waals surface area contributed by atoms with Crippen LogP contribution in [-0.4, -0.2) is 17.6 Å². The van der Waals surface area contributed by atoms with Crippen LogP contribution in [0.15, 0.2) is 53.9 Å². The summed E-state index contributed by atoms with van der Waals surface area (Å²) >= 11 is 13.4. The summed E-state index contributed by atoms with van der Waals surface area (Å²) in [5, 5.41) is 9.77. The van der Waals surface area contributed by atoms with Gasteiger partial charge in [-0.05, 0) is 30.3 Å². The number of benzene rings is 2. The van der Waals surface area contributed by atoms with Crippen LogP contribution in [-0.2, 0) is 6.42 Å². The summed E-state index contributed by atoms with van der Waals surface area (Å²) in [5.74, 6) is 0. The van der Waals surface area contributed by atoms with E-state index in [9.17, 15) is 4.79 Å². The maximum atomic E-state index is 11.9. The fourth-order valence-corrected chi connectivity index (χ4v) is 3.37. The van der Waals surface area contributed by atoms with Crippen molar-refractivity contribution in [2.24, 2.45) is 0 Å². The van der Waals surface area contributed by atoms with Crippen LogP contribution >= 0.6 is 34.5 Å². The van der Waals surface area contributed by atoms with Gasteiger partial charge in [0.15, 0.2) is 0 Å². The van der Waals surface area contributed by atoms with Crippen LogP contribution < -0.4 is 10.6 Å². The van der Waals surface area contributed by atoms with Crippen LogP contribution in [0.4, 0.5) is 10.5 Å². The third-order valence-electron chi connectivity index (χ3n) is 3.39. The molecule has 0 unspecified atom stereocenters. The largest absolute Gasteiger partial charge is 0.337 e. The van der Waals surface area contributed by atoms with Gasteiger partial charge < -0.3 is 10.6 Å². The summed E-state index contributed by atoms with van der Waals surface area (Å²) < 4.78 is 0. The van der Waals surface area contributed by atoms with Crippen molar-refractivity contribution in [1.82, 2.24) is 10.3 Å². The van der Waals surface area contributed by atoms with E-state index in [-0.39, 0.29) is 6.03 Å². The molecule has 2 N–H and O–H groups in total. The maximum absolute atomic E-state index is 11.9. The fraction of sp³-hybridized carbons (Fsp3) is 0.111. The van der Waals surface area contributed by atoms with E-state index in [0.717, 1.165) is 16.3 Å². The van der Waals surface area contributed by atoms with Crippen molar-refractivity contribution in [1.29, 1.82) is 0 Å². The van der Waals surface area contributed by atoms with Gasteiger partial charge in [-0.25, -0.2) is 9.78 Å². The van der Waals surface area contributed by atoms with E-state index in [1.165, 1.54) is 0 Å². The highest BCUT2D eigenvalue weighted by molar-refractivity contribution is 7.13. The molecule has 0 bridgehead atoms. The van der Waals surface area contributed by atoms with Gasteiger partial charge >= 0.3 is 6.03 Å². The molecule has 0 atom stereocenters. The van der Waals surface area contributed by atoms with Crippen molar-refractivity contribution in [2.75, 3.05) is 11.9 Å². The summed E-state index contributed by atoms with van der Waals surface area (Å²) in [7, 11) is 0. The minimum Gasteiger partial charge on any atom is -0.337 e. The van der Waals surface area contributed by atoms with Crippen LogP contribution in [0.25, 0.3) is 10.6 Å². The zero-order chi connectivity index (χ0) is 17.6. The smallest absolute Gasteiger partial charge is 0.319 e. The third kappa shape index (κ3) is 5.19. The number of thiazole rings is 1. The molecular weight excluding hydrogens is 377 g/mol. The van der Waals surface area contributed by atoms with Gasteiger partial charge in [0.1, 0.15) is 5.01 Å². The van der Waals surface area contributed by atoms with Gasteiger partial charge in [0.05, 0.1) is 5.69 Å². The average molecular weight is 392 g/mol. The van der Waals surface area contributed by atoms with Gasteiger partial charge in [0.2, 0.25) is 0 Å². The molecule has 0 aliphatic rings. The van der Waals surface area contributed by atoms with E-state index in [2.05, 4.69) is 15.6 Å². The van der Waals surface area contributed by atoms with Gasteiger partial charge in [-0.15, -0.1) is 11.3 Å². The molecule has 128 valence electrons. The topological polar surface area (TPSA) is 54.0 Å². The van der Waals surface area contributed by atoms with Crippen molar-refractivity contribution in [3.05, 3.63) is 69.7 Å². The summed E-state index contributed by atoms with van der Waals surface area (Å²) in [6.07, 6.45) is 0.660. The van der Waals surface area contributed by atoms with Crippen LogP contribution in [0.5, 0.6) is 0 Å². The van der Waals surface area contributed by atoms with Crippen molar-refractivity contribution in [2.45, 2.75) is 6.42 Å². The molecule has 0 fully saturated rings. The summed E-state index contributed by atoms with van der Waals surface area (Å²) in [4.78, 5) is 16.5. The van der Waals surface area contributed by atoms with E-state index < -0.39 is 0 Å². The number of carbonyl (C=O) groups excluding carboxylic acids is 1.